The van der Waals surface area contributed by atoms with E-state index in [0.717, 1.165) is 25.3 Å². The van der Waals surface area contributed by atoms with Crippen molar-refractivity contribution >= 4 is 17.7 Å². The number of nitrogens with zero attached hydrogens (tertiary/aromatic N) is 1. The van der Waals surface area contributed by atoms with E-state index >= 15 is 0 Å². The van der Waals surface area contributed by atoms with Gasteiger partial charge >= 0.3 is 5.97 Å². The molecule has 1 saturated heterocycles. The molecule has 1 unspecified atom stereocenters. The molecule has 0 saturated carbocycles. The topological polar surface area (TPSA) is 29.5 Å². The fourth-order valence-corrected chi connectivity index (χ4v) is 3.55. The Kier molecular flexibility index (Phi) is 5.73. The molecule has 0 aliphatic carbocycles. The molecule has 2 rings (SSSR count). The molecule has 1 heterocycles. The highest BCUT2D eigenvalue weighted by atomic mass is 32.2. The van der Waals surface area contributed by atoms with Crippen LogP contribution in [-0.4, -0.2) is 42.1 Å². The minimum atomic E-state index is -0.102. The Bertz CT molecular complexity index is 396. The smallest absolute Gasteiger partial charge is 0.305 e. The van der Waals surface area contributed by atoms with Crippen LogP contribution in [-0.2, 0) is 16.1 Å². The van der Waals surface area contributed by atoms with Crippen LogP contribution in [0.2, 0.25) is 0 Å². The molecular formula is C15H21NO2S. The number of hydrogen-bond acceptors (Lipinski definition) is 4. The lowest BCUT2D eigenvalue weighted by atomic mass is 10.1. The van der Waals surface area contributed by atoms with Crippen LogP contribution >= 0.6 is 11.8 Å². The summed E-state index contributed by atoms with van der Waals surface area (Å²) in [6, 6.07) is 11.0. The van der Waals surface area contributed by atoms with Crippen LogP contribution in [0, 0.1) is 0 Å². The van der Waals surface area contributed by atoms with Crippen LogP contribution in [0.25, 0.3) is 0 Å². The SMILES string of the molecule is COC(=O)CCC1CSCCN1Cc1ccccc1. The van der Waals surface area contributed by atoms with Crippen LogP contribution in [0.15, 0.2) is 30.3 Å². The van der Waals surface area contributed by atoms with Gasteiger partial charge in [-0.2, -0.15) is 11.8 Å². The maximum atomic E-state index is 11.3. The van der Waals surface area contributed by atoms with Crippen molar-refractivity contribution in [1.82, 2.24) is 4.90 Å². The second kappa shape index (κ2) is 7.56. The molecule has 3 nitrogen and oxygen atoms in total. The molecule has 1 aliphatic heterocycles. The zero-order valence-corrected chi connectivity index (χ0v) is 12.2. The van der Waals surface area contributed by atoms with Crippen molar-refractivity contribution in [3.63, 3.8) is 0 Å². The van der Waals surface area contributed by atoms with E-state index in [4.69, 9.17) is 4.74 Å². The first-order chi connectivity index (χ1) is 9.29. The first-order valence-electron chi connectivity index (χ1n) is 6.72. The fraction of sp³-hybridized carbons (Fsp3) is 0.533. The van der Waals surface area contributed by atoms with Gasteiger partial charge in [-0.25, -0.2) is 0 Å². The number of ether oxygens (including phenoxy) is 1. The Morgan fingerprint density at radius 3 is 2.95 bits per heavy atom. The normalized spacial score (nSPS) is 20.2. The molecule has 1 atom stereocenters. The Labute approximate surface area is 119 Å². The molecule has 4 heteroatoms. The Balaban J connectivity index is 1.90. The molecular weight excluding hydrogens is 258 g/mol. The number of carbonyl (C=O) groups is 1. The van der Waals surface area contributed by atoms with Crippen molar-refractivity contribution in [1.29, 1.82) is 0 Å². The number of rotatable bonds is 5. The van der Waals surface area contributed by atoms with Gasteiger partial charge in [0, 0.05) is 37.1 Å². The van der Waals surface area contributed by atoms with Gasteiger partial charge in [-0.3, -0.25) is 9.69 Å². The molecule has 1 fully saturated rings. The lowest BCUT2D eigenvalue weighted by Crippen LogP contribution is -2.42. The van der Waals surface area contributed by atoms with Crippen molar-refractivity contribution in [2.75, 3.05) is 25.2 Å². The van der Waals surface area contributed by atoms with Crippen molar-refractivity contribution < 1.29 is 9.53 Å². The zero-order valence-electron chi connectivity index (χ0n) is 11.4. The molecule has 19 heavy (non-hydrogen) atoms. The lowest BCUT2D eigenvalue weighted by molar-refractivity contribution is -0.141. The number of benzene rings is 1. The van der Waals surface area contributed by atoms with E-state index in [9.17, 15) is 4.79 Å². The van der Waals surface area contributed by atoms with Gasteiger partial charge in [-0.05, 0) is 12.0 Å². The molecule has 1 aliphatic rings. The second-order valence-corrected chi connectivity index (χ2v) is 5.95. The van der Waals surface area contributed by atoms with Crippen molar-refractivity contribution in [3.05, 3.63) is 35.9 Å². The molecule has 0 bridgehead atoms. The number of thioether (sulfide) groups is 1. The van der Waals surface area contributed by atoms with E-state index in [-0.39, 0.29) is 5.97 Å². The first-order valence-corrected chi connectivity index (χ1v) is 7.87. The third kappa shape index (κ3) is 4.55. The predicted molar refractivity (Wildman–Crippen MR) is 79.2 cm³/mol. The summed E-state index contributed by atoms with van der Waals surface area (Å²) in [5.41, 5.74) is 1.34. The maximum Gasteiger partial charge on any atom is 0.305 e. The van der Waals surface area contributed by atoms with Crippen molar-refractivity contribution in [2.24, 2.45) is 0 Å². The summed E-state index contributed by atoms with van der Waals surface area (Å²) in [5, 5.41) is 0. The minimum absolute atomic E-state index is 0.102. The highest BCUT2D eigenvalue weighted by molar-refractivity contribution is 7.99. The van der Waals surface area contributed by atoms with E-state index < -0.39 is 0 Å². The predicted octanol–water partition coefficient (Wildman–Crippen LogP) is 2.56. The number of hydrogen-bond donors (Lipinski definition) is 0. The number of esters is 1. The van der Waals surface area contributed by atoms with E-state index in [1.807, 2.05) is 17.8 Å². The highest BCUT2D eigenvalue weighted by Crippen LogP contribution is 2.22. The summed E-state index contributed by atoms with van der Waals surface area (Å²) in [5.74, 6) is 2.20. The molecule has 1 aromatic carbocycles. The summed E-state index contributed by atoms with van der Waals surface area (Å²) in [6.07, 6.45) is 1.42. The van der Waals surface area contributed by atoms with Crippen LogP contribution in [0.3, 0.4) is 0 Å². The standard InChI is InChI=1S/C15H21NO2S/c1-18-15(17)8-7-14-12-19-10-9-16(14)11-13-5-3-2-4-6-13/h2-6,14H,7-12H2,1H3. The Hall–Kier alpha value is -1.00. The molecule has 0 radical (unpaired) electrons. The summed E-state index contributed by atoms with van der Waals surface area (Å²) in [4.78, 5) is 13.8. The summed E-state index contributed by atoms with van der Waals surface area (Å²) in [7, 11) is 1.46. The minimum Gasteiger partial charge on any atom is -0.469 e. The summed E-state index contributed by atoms with van der Waals surface area (Å²) in [6.45, 7) is 2.08. The maximum absolute atomic E-state index is 11.3. The van der Waals surface area contributed by atoms with Gasteiger partial charge in [0.25, 0.3) is 0 Å². The molecule has 104 valence electrons. The van der Waals surface area contributed by atoms with Gasteiger partial charge in [0.2, 0.25) is 0 Å². The number of carbonyl (C=O) groups excluding carboxylic acids is 1. The van der Waals surface area contributed by atoms with Gasteiger partial charge in [0.05, 0.1) is 7.11 Å². The van der Waals surface area contributed by atoms with Crippen LogP contribution < -0.4 is 0 Å². The van der Waals surface area contributed by atoms with E-state index in [0.29, 0.717) is 12.5 Å². The van der Waals surface area contributed by atoms with E-state index in [1.54, 1.807) is 0 Å². The molecule has 0 N–H and O–H groups in total. The van der Waals surface area contributed by atoms with Crippen molar-refractivity contribution in [3.8, 4) is 0 Å². The van der Waals surface area contributed by atoms with Crippen LogP contribution in [0.4, 0.5) is 0 Å². The monoisotopic (exact) mass is 279 g/mol. The zero-order chi connectivity index (χ0) is 13.5. The summed E-state index contributed by atoms with van der Waals surface area (Å²) >= 11 is 1.98. The average Bonchev–Trinajstić information content (AvgIpc) is 2.47. The van der Waals surface area contributed by atoms with Gasteiger partial charge < -0.3 is 4.74 Å². The Morgan fingerprint density at radius 1 is 1.42 bits per heavy atom. The lowest BCUT2D eigenvalue weighted by Gasteiger charge is -2.35. The van der Waals surface area contributed by atoms with Crippen LogP contribution in [0.5, 0.6) is 0 Å². The summed E-state index contributed by atoms with van der Waals surface area (Å²) < 4.78 is 4.73. The molecule has 0 spiro atoms. The van der Waals surface area contributed by atoms with E-state index in [2.05, 4.69) is 29.2 Å². The van der Waals surface area contributed by atoms with Crippen molar-refractivity contribution in [2.45, 2.75) is 25.4 Å². The third-order valence-corrected chi connectivity index (χ3v) is 4.58. The fourth-order valence-electron chi connectivity index (χ4n) is 2.37. The second-order valence-electron chi connectivity index (χ2n) is 4.80. The van der Waals surface area contributed by atoms with Gasteiger partial charge in [-0.15, -0.1) is 0 Å². The quantitative estimate of drug-likeness (QED) is 0.775. The molecule has 1 aromatic rings. The largest absolute Gasteiger partial charge is 0.469 e. The van der Waals surface area contributed by atoms with Gasteiger partial charge in [0.15, 0.2) is 0 Å². The highest BCUT2D eigenvalue weighted by Gasteiger charge is 2.23. The Morgan fingerprint density at radius 2 is 2.21 bits per heavy atom. The molecule has 0 amide bonds. The number of methoxy groups -OCH3 is 1. The third-order valence-electron chi connectivity index (χ3n) is 3.49. The average molecular weight is 279 g/mol. The molecule has 0 aromatic heterocycles. The van der Waals surface area contributed by atoms with Gasteiger partial charge in [-0.1, -0.05) is 30.3 Å². The van der Waals surface area contributed by atoms with Crippen LogP contribution in [0.1, 0.15) is 18.4 Å². The first kappa shape index (κ1) is 14.4. The van der Waals surface area contributed by atoms with E-state index in [1.165, 1.54) is 18.4 Å². The van der Waals surface area contributed by atoms with Gasteiger partial charge in [0.1, 0.15) is 0 Å².